The van der Waals surface area contributed by atoms with Crippen molar-refractivity contribution in [3.63, 3.8) is 0 Å². The first-order valence-corrected chi connectivity index (χ1v) is 11.2. The fraction of sp³-hybridized carbons (Fsp3) is 0.348. The molecule has 1 aromatic heterocycles. The van der Waals surface area contributed by atoms with E-state index in [-0.39, 0.29) is 16.7 Å². The Morgan fingerprint density at radius 3 is 2.56 bits per heavy atom. The zero-order chi connectivity index (χ0) is 26.0. The number of hydrogen-bond donors (Lipinski definition) is 4. The van der Waals surface area contributed by atoms with Crippen LogP contribution >= 0.6 is 11.6 Å². The number of nitrogens with zero attached hydrogens (tertiary/aromatic N) is 4. The largest absolute Gasteiger partial charge is 0.418 e. The molecule has 192 valence electrons. The molecular formula is C23H23ClF3N5O4. The molecule has 2 aromatic carbocycles. The van der Waals surface area contributed by atoms with Gasteiger partial charge in [0.1, 0.15) is 36.3 Å². The number of hydrazone groups is 1. The number of rotatable bonds is 6. The molecule has 36 heavy (non-hydrogen) atoms. The van der Waals surface area contributed by atoms with Gasteiger partial charge in [-0.1, -0.05) is 41.9 Å². The topological polar surface area (TPSA) is 125 Å². The molecule has 1 saturated heterocycles. The van der Waals surface area contributed by atoms with Crippen LogP contribution in [0.25, 0.3) is 5.69 Å². The van der Waals surface area contributed by atoms with E-state index in [0.29, 0.717) is 0 Å². The molecule has 4 N–H and O–H groups in total. The summed E-state index contributed by atoms with van der Waals surface area (Å²) < 4.78 is 47.9. The Morgan fingerprint density at radius 2 is 1.89 bits per heavy atom. The van der Waals surface area contributed by atoms with Crippen LogP contribution in [0, 0.1) is 6.92 Å². The Hall–Kier alpha value is -3.03. The van der Waals surface area contributed by atoms with Gasteiger partial charge in [0.15, 0.2) is 5.82 Å². The van der Waals surface area contributed by atoms with Crippen molar-refractivity contribution in [2.24, 2.45) is 5.10 Å². The van der Waals surface area contributed by atoms with Gasteiger partial charge in [-0.25, -0.2) is 9.67 Å². The summed E-state index contributed by atoms with van der Waals surface area (Å²) in [4.78, 5) is 4.20. The molecule has 0 saturated carbocycles. The smallest absolute Gasteiger partial charge is 0.394 e. The number of ether oxygens (including phenoxy) is 1. The number of aliphatic hydroxyl groups excluding tert-OH is 3. The van der Waals surface area contributed by atoms with Crippen LogP contribution in [-0.2, 0) is 10.9 Å². The molecule has 0 amide bonds. The van der Waals surface area contributed by atoms with Gasteiger partial charge in [0, 0.05) is 5.02 Å². The van der Waals surface area contributed by atoms with E-state index in [1.807, 2.05) is 6.07 Å². The number of hydrogen-bond acceptors (Lipinski definition) is 8. The molecular weight excluding hydrogens is 503 g/mol. The van der Waals surface area contributed by atoms with Crippen LogP contribution in [0.4, 0.5) is 13.2 Å². The predicted octanol–water partition coefficient (Wildman–Crippen LogP) is 2.39. The lowest BCUT2D eigenvalue weighted by atomic mass is 9.92. The Morgan fingerprint density at radius 1 is 1.17 bits per heavy atom. The Bertz CT molecular complexity index is 1220. The van der Waals surface area contributed by atoms with Gasteiger partial charge >= 0.3 is 6.18 Å². The lowest BCUT2D eigenvalue weighted by Crippen LogP contribution is -2.60. The van der Waals surface area contributed by atoms with Crippen molar-refractivity contribution < 1.29 is 33.2 Å². The maximum atomic E-state index is 13.8. The maximum Gasteiger partial charge on any atom is 0.418 e. The van der Waals surface area contributed by atoms with Gasteiger partial charge in [-0.15, -0.1) is 0 Å². The summed E-state index contributed by atoms with van der Waals surface area (Å²) in [7, 11) is 0. The molecule has 0 spiro atoms. The van der Waals surface area contributed by atoms with Crippen LogP contribution < -0.4 is 5.43 Å². The standard InChI is InChI=1S/C23H23ClF3N5O4/c1-12-29-22(32(31-12)16-9-14(24)7-8-15(16)23(25,26)27)21-20(35)18(19(34)17(11-33)36-21)30-28-10-13-5-3-2-4-6-13/h2-10,17-21,30,33-35H,11H2,1H3/t17-,18+,19+,20-,21-/m1/s1. The zero-order valence-electron chi connectivity index (χ0n) is 18.8. The average molecular weight is 526 g/mol. The van der Waals surface area contributed by atoms with E-state index < -0.39 is 54.5 Å². The van der Waals surface area contributed by atoms with Crippen molar-refractivity contribution in [1.82, 2.24) is 20.2 Å². The highest BCUT2D eigenvalue weighted by molar-refractivity contribution is 6.30. The molecule has 1 aliphatic rings. The Labute approximate surface area is 208 Å². The summed E-state index contributed by atoms with van der Waals surface area (Å²) in [5.74, 6) is -0.0656. The second-order valence-electron chi connectivity index (χ2n) is 8.17. The normalized spacial score (nSPS) is 24.8. The van der Waals surface area contributed by atoms with E-state index in [0.717, 1.165) is 28.4 Å². The monoisotopic (exact) mass is 525 g/mol. The van der Waals surface area contributed by atoms with Crippen LogP contribution in [0.5, 0.6) is 0 Å². The van der Waals surface area contributed by atoms with Gasteiger partial charge < -0.3 is 25.5 Å². The number of aliphatic hydroxyl groups is 3. The highest BCUT2D eigenvalue weighted by atomic mass is 35.5. The summed E-state index contributed by atoms with van der Waals surface area (Å²) in [6.45, 7) is 0.828. The number of benzene rings is 2. The minimum atomic E-state index is -4.73. The third-order valence-electron chi connectivity index (χ3n) is 5.65. The van der Waals surface area contributed by atoms with Crippen LogP contribution in [-0.4, -0.2) is 67.3 Å². The Kier molecular flexibility index (Phi) is 7.62. The maximum absolute atomic E-state index is 13.8. The molecule has 0 bridgehead atoms. The van der Waals surface area contributed by atoms with E-state index in [9.17, 15) is 28.5 Å². The summed E-state index contributed by atoms with van der Waals surface area (Å²) in [6.07, 6.45) is -8.78. The SMILES string of the molecule is Cc1nc([C@@H]2O[C@H](CO)[C@H](O)[C@H](NN=Cc3ccccc3)[C@H]2O)n(-c2cc(Cl)ccc2C(F)(F)F)n1. The summed E-state index contributed by atoms with van der Waals surface area (Å²) in [6, 6.07) is 10.9. The van der Waals surface area contributed by atoms with Crippen molar-refractivity contribution in [3.8, 4) is 5.69 Å². The van der Waals surface area contributed by atoms with Crippen molar-refractivity contribution in [1.29, 1.82) is 0 Å². The molecule has 2 heterocycles. The summed E-state index contributed by atoms with van der Waals surface area (Å²) in [5.41, 5.74) is 1.97. The van der Waals surface area contributed by atoms with E-state index in [2.05, 4.69) is 20.6 Å². The molecule has 13 heteroatoms. The van der Waals surface area contributed by atoms with Crippen molar-refractivity contribution in [3.05, 3.63) is 76.3 Å². The molecule has 0 radical (unpaired) electrons. The molecule has 1 fully saturated rings. The van der Waals surface area contributed by atoms with Gasteiger partial charge in [0.2, 0.25) is 0 Å². The van der Waals surface area contributed by atoms with E-state index in [4.69, 9.17) is 16.3 Å². The van der Waals surface area contributed by atoms with Gasteiger partial charge in [-0.3, -0.25) is 0 Å². The number of halogens is 4. The van der Waals surface area contributed by atoms with E-state index in [1.165, 1.54) is 13.1 Å². The highest BCUT2D eigenvalue weighted by Crippen LogP contribution is 2.38. The molecule has 1 aliphatic heterocycles. The second-order valence-corrected chi connectivity index (χ2v) is 8.61. The first kappa shape index (κ1) is 26.0. The molecule has 4 rings (SSSR count). The van der Waals surface area contributed by atoms with Crippen LogP contribution in [0.3, 0.4) is 0 Å². The highest BCUT2D eigenvalue weighted by Gasteiger charge is 2.47. The molecule has 3 aromatic rings. The van der Waals surface area contributed by atoms with Crippen LogP contribution in [0.2, 0.25) is 5.02 Å². The minimum Gasteiger partial charge on any atom is -0.394 e. The fourth-order valence-corrected chi connectivity index (χ4v) is 4.10. The molecule has 0 aliphatic carbocycles. The lowest BCUT2D eigenvalue weighted by Gasteiger charge is -2.41. The number of nitrogens with one attached hydrogen (secondary N) is 1. The molecule has 5 atom stereocenters. The number of aryl methyl sites for hydroxylation is 1. The van der Waals surface area contributed by atoms with Gasteiger partial charge in [-0.2, -0.15) is 23.4 Å². The van der Waals surface area contributed by atoms with Gasteiger partial charge in [0.25, 0.3) is 0 Å². The van der Waals surface area contributed by atoms with Gasteiger partial charge in [0.05, 0.1) is 24.1 Å². The quantitative estimate of drug-likeness (QED) is 0.288. The first-order chi connectivity index (χ1) is 17.1. The van der Waals surface area contributed by atoms with Gasteiger partial charge in [-0.05, 0) is 30.7 Å². The lowest BCUT2D eigenvalue weighted by molar-refractivity contribution is -0.199. The Balaban J connectivity index is 1.72. The zero-order valence-corrected chi connectivity index (χ0v) is 19.6. The van der Waals surface area contributed by atoms with Crippen molar-refractivity contribution in [2.45, 2.75) is 43.6 Å². The first-order valence-electron chi connectivity index (χ1n) is 10.9. The van der Waals surface area contributed by atoms with Crippen molar-refractivity contribution >= 4 is 17.8 Å². The van der Waals surface area contributed by atoms with E-state index in [1.54, 1.807) is 24.3 Å². The fourth-order valence-electron chi connectivity index (χ4n) is 3.94. The second kappa shape index (κ2) is 10.5. The average Bonchev–Trinajstić information content (AvgIpc) is 3.22. The third kappa shape index (κ3) is 5.37. The minimum absolute atomic E-state index is 0.0284. The van der Waals surface area contributed by atoms with Crippen LogP contribution in [0.15, 0.2) is 53.6 Å². The predicted molar refractivity (Wildman–Crippen MR) is 124 cm³/mol. The summed E-state index contributed by atoms with van der Waals surface area (Å²) >= 11 is 5.98. The number of alkyl halides is 3. The number of aromatic nitrogens is 3. The third-order valence-corrected chi connectivity index (χ3v) is 5.89. The van der Waals surface area contributed by atoms with Crippen molar-refractivity contribution in [2.75, 3.05) is 6.61 Å². The molecule has 0 unspecified atom stereocenters. The van der Waals surface area contributed by atoms with Crippen LogP contribution in [0.1, 0.15) is 28.9 Å². The van der Waals surface area contributed by atoms with E-state index >= 15 is 0 Å². The molecule has 9 nitrogen and oxygen atoms in total. The summed E-state index contributed by atoms with van der Waals surface area (Å²) in [5, 5.41) is 39.7.